The maximum absolute atomic E-state index is 5.66. The zero-order valence-corrected chi connectivity index (χ0v) is 8.36. The van der Waals surface area contributed by atoms with E-state index in [4.69, 9.17) is 5.73 Å². The normalized spacial score (nSPS) is 12.6. The van der Waals surface area contributed by atoms with Crippen molar-refractivity contribution in [3.05, 3.63) is 18.0 Å². The average Bonchev–Trinajstić information content (AvgIpc) is 2.04. The highest BCUT2D eigenvalue weighted by Crippen LogP contribution is 2.04. The second-order valence-corrected chi connectivity index (χ2v) is 3.47. The van der Waals surface area contributed by atoms with Crippen molar-refractivity contribution >= 4 is 5.95 Å². The molecule has 1 unspecified atom stereocenters. The fraction of sp³-hybridized carbons (Fsp3) is 0.556. The molecule has 0 aromatic carbocycles. The zero-order valence-electron chi connectivity index (χ0n) is 8.36. The monoisotopic (exact) mass is 180 g/mol. The molecule has 0 saturated carbocycles. The molecule has 1 rings (SSSR count). The van der Waals surface area contributed by atoms with Gasteiger partial charge in [0.25, 0.3) is 0 Å². The van der Waals surface area contributed by atoms with Gasteiger partial charge in [-0.15, -0.1) is 0 Å². The maximum atomic E-state index is 5.66. The van der Waals surface area contributed by atoms with Crippen LogP contribution in [-0.2, 0) is 6.42 Å². The van der Waals surface area contributed by atoms with Gasteiger partial charge in [0.1, 0.15) is 0 Å². The molecule has 0 aliphatic rings. The molecule has 1 heterocycles. The molecular formula is C9H16N4. The molecule has 13 heavy (non-hydrogen) atoms. The number of nitrogens with two attached hydrogens (primary N) is 1. The molecule has 0 fully saturated rings. The molecule has 2 N–H and O–H groups in total. The summed E-state index contributed by atoms with van der Waals surface area (Å²) in [6.07, 6.45) is 4.48. The molecule has 0 aliphatic carbocycles. The van der Waals surface area contributed by atoms with Gasteiger partial charge in [-0.05, 0) is 18.9 Å². The van der Waals surface area contributed by atoms with Crippen molar-refractivity contribution in [2.45, 2.75) is 19.4 Å². The van der Waals surface area contributed by atoms with Crippen LogP contribution in [0.2, 0.25) is 0 Å². The van der Waals surface area contributed by atoms with Crippen LogP contribution >= 0.6 is 0 Å². The Bertz CT molecular complexity index is 253. The highest BCUT2D eigenvalue weighted by atomic mass is 15.2. The molecule has 4 heteroatoms. The van der Waals surface area contributed by atoms with E-state index in [1.54, 1.807) is 0 Å². The predicted molar refractivity (Wildman–Crippen MR) is 53.7 cm³/mol. The Morgan fingerprint density at radius 1 is 1.38 bits per heavy atom. The van der Waals surface area contributed by atoms with Crippen molar-refractivity contribution in [1.82, 2.24) is 9.97 Å². The Morgan fingerprint density at radius 2 is 1.92 bits per heavy atom. The molecule has 4 nitrogen and oxygen atoms in total. The quantitative estimate of drug-likeness (QED) is 0.733. The third-order valence-corrected chi connectivity index (χ3v) is 1.65. The molecule has 0 amide bonds. The summed E-state index contributed by atoms with van der Waals surface area (Å²) in [4.78, 5) is 10.3. The van der Waals surface area contributed by atoms with Crippen LogP contribution in [0, 0.1) is 0 Å². The summed E-state index contributed by atoms with van der Waals surface area (Å²) in [7, 11) is 3.83. The zero-order chi connectivity index (χ0) is 9.84. The molecule has 0 spiro atoms. The van der Waals surface area contributed by atoms with Crippen LogP contribution in [0.25, 0.3) is 0 Å². The van der Waals surface area contributed by atoms with Crippen LogP contribution in [0.3, 0.4) is 0 Å². The number of anilines is 1. The highest BCUT2D eigenvalue weighted by molar-refractivity contribution is 5.26. The fourth-order valence-electron chi connectivity index (χ4n) is 1.06. The van der Waals surface area contributed by atoms with Crippen LogP contribution in [0.1, 0.15) is 12.5 Å². The lowest BCUT2D eigenvalue weighted by Gasteiger charge is -2.10. The van der Waals surface area contributed by atoms with E-state index in [0.717, 1.165) is 17.9 Å². The smallest absolute Gasteiger partial charge is 0.224 e. The number of rotatable bonds is 3. The molecule has 1 aromatic rings. The summed E-state index contributed by atoms with van der Waals surface area (Å²) in [6, 6.07) is 0.161. The van der Waals surface area contributed by atoms with Crippen molar-refractivity contribution < 1.29 is 0 Å². The van der Waals surface area contributed by atoms with Crippen molar-refractivity contribution in [3.8, 4) is 0 Å². The predicted octanol–water partition coefficient (Wildman–Crippen LogP) is 0.432. The van der Waals surface area contributed by atoms with Gasteiger partial charge >= 0.3 is 0 Å². The van der Waals surface area contributed by atoms with Gasteiger partial charge in [-0.25, -0.2) is 9.97 Å². The Kier molecular flexibility index (Phi) is 3.19. The highest BCUT2D eigenvalue weighted by Gasteiger charge is 2.01. The molecule has 72 valence electrons. The van der Waals surface area contributed by atoms with Gasteiger partial charge in [-0.2, -0.15) is 0 Å². The minimum atomic E-state index is 0.161. The molecular weight excluding hydrogens is 164 g/mol. The molecule has 0 bridgehead atoms. The van der Waals surface area contributed by atoms with Gasteiger partial charge in [-0.1, -0.05) is 0 Å². The van der Waals surface area contributed by atoms with E-state index >= 15 is 0 Å². The van der Waals surface area contributed by atoms with Gasteiger partial charge < -0.3 is 10.6 Å². The average molecular weight is 180 g/mol. The number of aromatic nitrogens is 2. The van der Waals surface area contributed by atoms with Crippen LogP contribution in [0.4, 0.5) is 5.95 Å². The van der Waals surface area contributed by atoms with Crippen LogP contribution in [0.5, 0.6) is 0 Å². The standard InChI is InChI=1S/C9H16N4/c1-7(10)4-8-5-11-9(12-6-8)13(2)3/h5-7H,4,10H2,1-3H3. The summed E-state index contributed by atoms with van der Waals surface area (Å²) in [5, 5.41) is 0. The maximum Gasteiger partial charge on any atom is 0.224 e. The number of nitrogens with zero attached hydrogens (tertiary/aromatic N) is 3. The SMILES string of the molecule is CC(N)Cc1cnc(N(C)C)nc1. The summed E-state index contributed by atoms with van der Waals surface area (Å²) in [5.41, 5.74) is 6.74. The lowest BCUT2D eigenvalue weighted by molar-refractivity contribution is 0.731. The molecule has 0 aliphatic heterocycles. The molecule has 0 saturated heterocycles. The number of hydrogen-bond donors (Lipinski definition) is 1. The Hall–Kier alpha value is -1.16. The van der Waals surface area contributed by atoms with E-state index in [2.05, 4.69) is 9.97 Å². The van der Waals surface area contributed by atoms with E-state index in [1.807, 2.05) is 38.3 Å². The van der Waals surface area contributed by atoms with Gasteiger partial charge in [0.2, 0.25) is 5.95 Å². The second kappa shape index (κ2) is 4.18. The van der Waals surface area contributed by atoms with Crippen LogP contribution in [-0.4, -0.2) is 30.1 Å². The van der Waals surface area contributed by atoms with Crippen LogP contribution in [0.15, 0.2) is 12.4 Å². The first-order chi connectivity index (χ1) is 6.09. The molecule has 1 atom stereocenters. The topological polar surface area (TPSA) is 55.0 Å². The van der Waals surface area contributed by atoms with E-state index in [0.29, 0.717) is 0 Å². The van der Waals surface area contributed by atoms with E-state index in [9.17, 15) is 0 Å². The first kappa shape index (κ1) is 9.92. The first-order valence-electron chi connectivity index (χ1n) is 4.33. The van der Waals surface area contributed by atoms with Crippen LogP contribution < -0.4 is 10.6 Å². The summed E-state index contributed by atoms with van der Waals surface area (Å²) < 4.78 is 0. The number of hydrogen-bond acceptors (Lipinski definition) is 4. The minimum Gasteiger partial charge on any atom is -0.347 e. The van der Waals surface area contributed by atoms with E-state index in [-0.39, 0.29) is 6.04 Å². The van der Waals surface area contributed by atoms with Crippen molar-refractivity contribution in [1.29, 1.82) is 0 Å². The Balaban J connectivity index is 2.70. The first-order valence-corrected chi connectivity index (χ1v) is 4.33. The minimum absolute atomic E-state index is 0.161. The summed E-state index contributed by atoms with van der Waals surface area (Å²) >= 11 is 0. The fourth-order valence-corrected chi connectivity index (χ4v) is 1.06. The van der Waals surface area contributed by atoms with E-state index < -0.39 is 0 Å². The van der Waals surface area contributed by atoms with Gasteiger partial charge in [-0.3, -0.25) is 0 Å². The Morgan fingerprint density at radius 3 is 2.31 bits per heavy atom. The Labute approximate surface area is 78.8 Å². The molecule has 0 radical (unpaired) electrons. The lowest BCUT2D eigenvalue weighted by Crippen LogP contribution is -2.18. The lowest BCUT2D eigenvalue weighted by atomic mass is 10.1. The van der Waals surface area contributed by atoms with Crippen molar-refractivity contribution in [3.63, 3.8) is 0 Å². The second-order valence-electron chi connectivity index (χ2n) is 3.47. The van der Waals surface area contributed by atoms with Crippen molar-refractivity contribution in [2.24, 2.45) is 5.73 Å². The van der Waals surface area contributed by atoms with E-state index in [1.165, 1.54) is 0 Å². The van der Waals surface area contributed by atoms with Gasteiger partial charge in [0, 0.05) is 32.5 Å². The third-order valence-electron chi connectivity index (χ3n) is 1.65. The van der Waals surface area contributed by atoms with Gasteiger partial charge in [0.05, 0.1) is 0 Å². The van der Waals surface area contributed by atoms with Crippen molar-refractivity contribution in [2.75, 3.05) is 19.0 Å². The molecule has 1 aromatic heterocycles. The largest absolute Gasteiger partial charge is 0.347 e. The third kappa shape index (κ3) is 2.99. The van der Waals surface area contributed by atoms with Gasteiger partial charge in [0.15, 0.2) is 0 Å². The summed E-state index contributed by atoms with van der Waals surface area (Å²) in [6.45, 7) is 1.97. The summed E-state index contributed by atoms with van der Waals surface area (Å²) in [5.74, 6) is 0.730.